The summed E-state index contributed by atoms with van der Waals surface area (Å²) in [5.41, 5.74) is 1.57. The Kier molecular flexibility index (Phi) is 4.35. The Balaban J connectivity index is 1.76. The molecule has 27 heavy (non-hydrogen) atoms. The van der Waals surface area contributed by atoms with E-state index in [4.69, 9.17) is 4.74 Å². The van der Waals surface area contributed by atoms with Crippen molar-refractivity contribution in [2.24, 2.45) is 0 Å². The predicted octanol–water partition coefficient (Wildman–Crippen LogP) is 1.97. The summed E-state index contributed by atoms with van der Waals surface area (Å²) in [6.07, 6.45) is 6.16. The van der Waals surface area contributed by atoms with Crippen molar-refractivity contribution in [3.05, 3.63) is 47.7 Å². The average molecular weight is 370 g/mol. The molecule has 1 N–H and O–H groups in total. The highest BCUT2D eigenvalue weighted by Crippen LogP contribution is 2.38. The molecule has 1 amide bonds. The maximum atomic E-state index is 13.8. The van der Waals surface area contributed by atoms with Gasteiger partial charge in [0, 0.05) is 25.4 Å². The molecule has 1 fully saturated rings. The van der Waals surface area contributed by atoms with E-state index in [9.17, 15) is 9.18 Å². The van der Waals surface area contributed by atoms with Gasteiger partial charge in [0.2, 0.25) is 5.88 Å². The molecule has 1 atom stereocenters. The van der Waals surface area contributed by atoms with E-state index in [1.54, 1.807) is 17.8 Å². The number of anilines is 1. The number of nitrogens with one attached hydrogen (secondary N) is 1. The van der Waals surface area contributed by atoms with Crippen molar-refractivity contribution < 1.29 is 13.9 Å². The maximum Gasteiger partial charge on any atom is 0.256 e. The SMILES string of the molecule is CNC(=O)c1cnn2ccc(N3CCCC3c3cc(F)cnc3OC)nc12. The van der Waals surface area contributed by atoms with Crippen LogP contribution in [0.25, 0.3) is 5.65 Å². The van der Waals surface area contributed by atoms with Crippen LogP contribution in [0.1, 0.15) is 34.8 Å². The molecule has 1 aliphatic heterocycles. The number of ether oxygens (including phenoxy) is 1. The molecule has 0 aliphatic carbocycles. The molecule has 1 aliphatic rings. The van der Waals surface area contributed by atoms with Crippen molar-refractivity contribution in [1.29, 1.82) is 0 Å². The maximum absolute atomic E-state index is 13.8. The number of nitrogens with zero attached hydrogens (tertiary/aromatic N) is 5. The third kappa shape index (κ3) is 2.94. The number of amides is 1. The van der Waals surface area contributed by atoms with Gasteiger partial charge >= 0.3 is 0 Å². The van der Waals surface area contributed by atoms with E-state index in [-0.39, 0.29) is 11.9 Å². The van der Waals surface area contributed by atoms with Gasteiger partial charge in [-0.25, -0.2) is 18.9 Å². The Bertz CT molecular complexity index is 1000. The number of fused-ring (bicyclic) bond motifs is 1. The Morgan fingerprint density at radius 3 is 3.04 bits per heavy atom. The molecule has 0 saturated carbocycles. The molecule has 9 heteroatoms. The summed E-state index contributed by atoms with van der Waals surface area (Å²) in [7, 11) is 3.09. The number of hydrogen-bond acceptors (Lipinski definition) is 6. The average Bonchev–Trinajstić information content (AvgIpc) is 3.33. The summed E-state index contributed by atoms with van der Waals surface area (Å²) in [5.74, 6) is 0.453. The molecule has 1 saturated heterocycles. The zero-order valence-electron chi connectivity index (χ0n) is 15.0. The van der Waals surface area contributed by atoms with E-state index >= 15 is 0 Å². The number of aromatic nitrogens is 4. The van der Waals surface area contributed by atoms with Gasteiger partial charge in [-0.1, -0.05) is 0 Å². The highest BCUT2D eigenvalue weighted by molar-refractivity contribution is 5.99. The molecule has 140 valence electrons. The van der Waals surface area contributed by atoms with Crippen molar-refractivity contribution in [1.82, 2.24) is 24.9 Å². The molecular weight excluding hydrogens is 351 g/mol. The van der Waals surface area contributed by atoms with Gasteiger partial charge in [-0.05, 0) is 25.0 Å². The zero-order chi connectivity index (χ0) is 19.0. The normalized spacial score (nSPS) is 16.7. The van der Waals surface area contributed by atoms with Gasteiger partial charge in [0.05, 0.1) is 25.5 Å². The Morgan fingerprint density at radius 1 is 1.41 bits per heavy atom. The van der Waals surface area contributed by atoms with Crippen molar-refractivity contribution in [2.45, 2.75) is 18.9 Å². The molecule has 1 unspecified atom stereocenters. The lowest BCUT2D eigenvalue weighted by molar-refractivity contribution is 0.0964. The van der Waals surface area contributed by atoms with Crippen LogP contribution in [0.2, 0.25) is 0 Å². The number of methoxy groups -OCH3 is 1. The predicted molar refractivity (Wildman–Crippen MR) is 96.4 cm³/mol. The highest BCUT2D eigenvalue weighted by Gasteiger charge is 2.31. The van der Waals surface area contributed by atoms with Crippen LogP contribution in [-0.4, -0.2) is 46.2 Å². The quantitative estimate of drug-likeness (QED) is 0.756. The van der Waals surface area contributed by atoms with Gasteiger partial charge in [0.25, 0.3) is 5.91 Å². The van der Waals surface area contributed by atoms with Crippen LogP contribution >= 0.6 is 0 Å². The second-order valence-corrected chi connectivity index (χ2v) is 6.29. The first-order valence-corrected chi connectivity index (χ1v) is 8.65. The fourth-order valence-corrected chi connectivity index (χ4v) is 3.53. The lowest BCUT2D eigenvalue weighted by atomic mass is 10.1. The van der Waals surface area contributed by atoms with Crippen LogP contribution in [-0.2, 0) is 0 Å². The largest absolute Gasteiger partial charge is 0.481 e. The zero-order valence-corrected chi connectivity index (χ0v) is 15.0. The van der Waals surface area contributed by atoms with Crippen molar-refractivity contribution in [2.75, 3.05) is 25.6 Å². The van der Waals surface area contributed by atoms with Crippen molar-refractivity contribution >= 4 is 17.4 Å². The summed E-state index contributed by atoms with van der Waals surface area (Å²) < 4.78 is 20.7. The van der Waals surface area contributed by atoms with Gasteiger partial charge in [-0.2, -0.15) is 5.10 Å². The second kappa shape index (κ2) is 6.82. The number of pyridine rings is 1. The first-order valence-electron chi connectivity index (χ1n) is 8.65. The summed E-state index contributed by atoms with van der Waals surface area (Å²) in [5, 5.41) is 6.76. The molecular formula is C18H19FN6O2. The summed E-state index contributed by atoms with van der Waals surface area (Å²) in [6, 6.07) is 3.19. The van der Waals surface area contributed by atoms with Crippen LogP contribution < -0.4 is 15.0 Å². The van der Waals surface area contributed by atoms with Gasteiger partial charge < -0.3 is 15.0 Å². The van der Waals surface area contributed by atoms with Crippen molar-refractivity contribution in [3.63, 3.8) is 0 Å². The molecule has 0 spiro atoms. The number of carbonyl (C=O) groups excluding carboxylic acids is 1. The van der Waals surface area contributed by atoms with E-state index < -0.39 is 5.82 Å². The highest BCUT2D eigenvalue weighted by atomic mass is 19.1. The Hall–Kier alpha value is -3.23. The van der Waals surface area contributed by atoms with E-state index in [0.717, 1.165) is 25.6 Å². The molecule has 4 rings (SSSR count). The van der Waals surface area contributed by atoms with E-state index in [1.807, 2.05) is 6.07 Å². The number of carbonyl (C=O) groups is 1. The summed E-state index contributed by atoms with van der Waals surface area (Å²) in [4.78, 5) is 22.8. The monoisotopic (exact) mass is 370 g/mol. The third-order valence-electron chi connectivity index (χ3n) is 4.77. The first kappa shape index (κ1) is 17.2. The minimum absolute atomic E-state index is 0.107. The molecule has 8 nitrogen and oxygen atoms in total. The van der Waals surface area contributed by atoms with E-state index in [2.05, 4.69) is 25.3 Å². The third-order valence-corrected chi connectivity index (χ3v) is 4.77. The fraction of sp³-hybridized carbons (Fsp3) is 0.333. The first-order chi connectivity index (χ1) is 13.1. The Morgan fingerprint density at radius 2 is 2.26 bits per heavy atom. The van der Waals surface area contributed by atoms with Gasteiger partial charge in [0.1, 0.15) is 17.2 Å². The lowest BCUT2D eigenvalue weighted by Crippen LogP contribution is -2.25. The second-order valence-electron chi connectivity index (χ2n) is 6.29. The van der Waals surface area contributed by atoms with Gasteiger partial charge in [0.15, 0.2) is 5.65 Å². The van der Waals surface area contributed by atoms with Gasteiger partial charge in [-0.15, -0.1) is 0 Å². The topological polar surface area (TPSA) is 84.7 Å². The Labute approximate surface area is 155 Å². The minimum Gasteiger partial charge on any atom is -0.481 e. The molecule has 0 bridgehead atoms. The minimum atomic E-state index is -0.404. The summed E-state index contributed by atoms with van der Waals surface area (Å²) in [6.45, 7) is 0.761. The number of rotatable bonds is 4. The van der Waals surface area contributed by atoms with Crippen LogP contribution in [0.3, 0.4) is 0 Å². The lowest BCUT2D eigenvalue weighted by Gasteiger charge is -2.26. The standard InChI is InChI=1S/C18H19FN6O2/c1-20-17(26)13-10-22-25-7-5-15(23-16(13)25)24-6-3-4-14(24)12-8-11(19)9-21-18(12)27-2/h5,7-10,14H,3-4,6H2,1-2H3,(H,20,26). The number of hydrogen-bond donors (Lipinski definition) is 1. The van der Waals surface area contributed by atoms with Crippen LogP contribution in [0, 0.1) is 5.82 Å². The summed E-state index contributed by atoms with van der Waals surface area (Å²) >= 11 is 0. The molecule has 4 heterocycles. The van der Waals surface area contributed by atoms with E-state index in [0.29, 0.717) is 28.5 Å². The number of halogens is 1. The van der Waals surface area contributed by atoms with Crippen LogP contribution in [0.4, 0.5) is 10.2 Å². The van der Waals surface area contributed by atoms with Crippen molar-refractivity contribution in [3.8, 4) is 5.88 Å². The van der Waals surface area contributed by atoms with E-state index in [1.165, 1.54) is 19.4 Å². The smallest absolute Gasteiger partial charge is 0.256 e. The molecule has 3 aromatic heterocycles. The van der Waals surface area contributed by atoms with Crippen LogP contribution in [0.5, 0.6) is 5.88 Å². The van der Waals surface area contributed by atoms with Gasteiger partial charge in [-0.3, -0.25) is 4.79 Å². The molecule has 3 aromatic rings. The van der Waals surface area contributed by atoms with Crippen LogP contribution in [0.15, 0.2) is 30.7 Å². The molecule has 0 radical (unpaired) electrons. The fourth-order valence-electron chi connectivity index (χ4n) is 3.53. The molecule has 0 aromatic carbocycles.